The summed E-state index contributed by atoms with van der Waals surface area (Å²) in [5, 5.41) is 2.61. The van der Waals surface area contributed by atoms with E-state index in [1.807, 2.05) is 18.2 Å². The highest BCUT2D eigenvalue weighted by molar-refractivity contribution is 6.34. The second-order valence-corrected chi connectivity index (χ2v) is 7.07. The number of fused-ring (bicyclic) bond motifs is 1. The van der Waals surface area contributed by atoms with Gasteiger partial charge in [-0.2, -0.15) is 0 Å². The van der Waals surface area contributed by atoms with Crippen molar-refractivity contribution in [1.29, 1.82) is 0 Å². The summed E-state index contributed by atoms with van der Waals surface area (Å²) in [6.45, 7) is 4.09. The molecule has 2 aromatic carbocycles. The van der Waals surface area contributed by atoms with E-state index in [1.54, 1.807) is 19.2 Å². The fraction of sp³-hybridized carbons (Fsp3) is 0.286. The lowest BCUT2D eigenvalue weighted by molar-refractivity contribution is 0.245. The van der Waals surface area contributed by atoms with Crippen molar-refractivity contribution in [1.82, 2.24) is 9.88 Å². The Morgan fingerprint density at radius 1 is 1.07 bits per heavy atom. The van der Waals surface area contributed by atoms with Crippen molar-refractivity contribution in [3.8, 4) is 5.75 Å². The van der Waals surface area contributed by atoms with Gasteiger partial charge in [0.05, 0.1) is 7.11 Å². The van der Waals surface area contributed by atoms with Crippen molar-refractivity contribution in [2.45, 2.75) is 6.54 Å². The maximum absolute atomic E-state index is 13.6. The van der Waals surface area contributed by atoms with Gasteiger partial charge in [-0.25, -0.2) is 9.37 Å². The molecule has 0 unspecified atom stereocenters. The molecule has 0 spiro atoms. The molecule has 1 saturated heterocycles. The first-order valence-corrected chi connectivity index (χ1v) is 9.37. The summed E-state index contributed by atoms with van der Waals surface area (Å²) in [7, 11) is 1.61. The van der Waals surface area contributed by atoms with Gasteiger partial charge in [-0.3, -0.25) is 4.90 Å². The minimum Gasteiger partial charge on any atom is -0.496 e. The monoisotopic (exact) mass is 385 g/mol. The summed E-state index contributed by atoms with van der Waals surface area (Å²) in [4.78, 5) is 9.13. The van der Waals surface area contributed by atoms with Crippen LogP contribution < -0.4 is 9.64 Å². The number of methoxy groups -OCH3 is 1. The zero-order valence-electron chi connectivity index (χ0n) is 15.2. The predicted octanol–water partition coefficient (Wildman–Crippen LogP) is 4.36. The Labute approximate surface area is 163 Å². The average Bonchev–Trinajstić information content (AvgIpc) is 2.69. The third-order valence-electron chi connectivity index (χ3n) is 5.01. The van der Waals surface area contributed by atoms with Crippen LogP contribution in [0.25, 0.3) is 10.8 Å². The van der Waals surface area contributed by atoms with Crippen LogP contribution in [-0.4, -0.2) is 43.2 Å². The number of pyridine rings is 1. The molecule has 6 heteroatoms. The Balaban J connectivity index is 1.46. The number of anilines is 1. The average molecular weight is 386 g/mol. The fourth-order valence-electron chi connectivity index (χ4n) is 3.55. The topological polar surface area (TPSA) is 28.6 Å². The van der Waals surface area contributed by atoms with Crippen LogP contribution in [0.5, 0.6) is 5.75 Å². The lowest BCUT2D eigenvalue weighted by Crippen LogP contribution is -2.46. The number of aromatic nitrogens is 1. The molecule has 0 atom stereocenters. The highest BCUT2D eigenvalue weighted by Crippen LogP contribution is 2.27. The van der Waals surface area contributed by atoms with Crippen LogP contribution >= 0.6 is 11.6 Å². The molecular weight excluding hydrogens is 365 g/mol. The van der Waals surface area contributed by atoms with Crippen LogP contribution in [0.3, 0.4) is 0 Å². The molecule has 27 heavy (non-hydrogen) atoms. The summed E-state index contributed by atoms with van der Waals surface area (Å²) < 4.78 is 18.9. The number of ether oxygens (including phenoxy) is 1. The van der Waals surface area contributed by atoms with Crippen LogP contribution in [0.1, 0.15) is 5.56 Å². The van der Waals surface area contributed by atoms with Crippen molar-refractivity contribution < 1.29 is 9.13 Å². The van der Waals surface area contributed by atoms with E-state index in [0.717, 1.165) is 54.1 Å². The molecule has 2 heterocycles. The molecule has 0 bridgehead atoms. The first-order valence-electron chi connectivity index (χ1n) is 8.99. The quantitative estimate of drug-likeness (QED) is 0.624. The van der Waals surface area contributed by atoms with Crippen molar-refractivity contribution >= 4 is 28.2 Å². The van der Waals surface area contributed by atoms with Crippen LogP contribution in [0.4, 0.5) is 10.2 Å². The first kappa shape index (κ1) is 18.0. The van der Waals surface area contributed by atoms with Gasteiger partial charge in [0.25, 0.3) is 0 Å². The van der Waals surface area contributed by atoms with E-state index in [4.69, 9.17) is 16.3 Å². The number of rotatable bonds is 4. The highest BCUT2D eigenvalue weighted by Gasteiger charge is 2.20. The minimum absolute atomic E-state index is 0.237. The molecule has 1 aliphatic rings. The molecule has 4 nitrogen and oxygen atoms in total. The largest absolute Gasteiger partial charge is 0.496 e. The lowest BCUT2D eigenvalue weighted by atomic mass is 10.1. The summed E-state index contributed by atoms with van der Waals surface area (Å²) in [6.07, 6.45) is 0. The molecule has 140 valence electrons. The highest BCUT2D eigenvalue weighted by atomic mass is 35.5. The molecule has 1 aromatic heterocycles. The van der Waals surface area contributed by atoms with Gasteiger partial charge in [0, 0.05) is 43.7 Å². The van der Waals surface area contributed by atoms with Gasteiger partial charge in [0.15, 0.2) is 0 Å². The van der Waals surface area contributed by atoms with Crippen molar-refractivity contribution in [2.75, 3.05) is 38.2 Å². The first-order chi connectivity index (χ1) is 13.1. The van der Waals surface area contributed by atoms with E-state index in [-0.39, 0.29) is 5.82 Å². The number of hydrogen-bond acceptors (Lipinski definition) is 4. The Morgan fingerprint density at radius 2 is 1.85 bits per heavy atom. The van der Waals surface area contributed by atoms with E-state index in [2.05, 4.69) is 26.9 Å². The van der Waals surface area contributed by atoms with Gasteiger partial charge >= 0.3 is 0 Å². The Morgan fingerprint density at radius 3 is 2.63 bits per heavy atom. The van der Waals surface area contributed by atoms with Crippen LogP contribution in [0, 0.1) is 5.82 Å². The third kappa shape index (κ3) is 3.84. The Kier molecular flexibility index (Phi) is 5.14. The van der Waals surface area contributed by atoms with Crippen LogP contribution in [-0.2, 0) is 6.54 Å². The number of halogens is 2. The number of piperazine rings is 1. The zero-order valence-corrected chi connectivity index (χ0v) is 15.9. The molecule has 4 rings (SSSR count). The number of hydrogen-bond donors (Lipinski definition) is 0. The van der Waals surface area contributed by atoms with Gasteiger partial charge in [0.2, 0.25) is 0 Å². The molecule has 0 N–H and O–H groups in total. The molecule has 1 fully saturated rings. The van der Waals surface area contributed by atoms with E-state index >= 15 is 0 Å². The predicted molar refractivity (Wildman–Crippen MR) is 107 cm³/mol. The van der Waals surface area contributed by atoms with Gasteiger partial charge in [-0.1, -0.05) is 35.9 Å². The molecule has 1 aliphatic heterocycles. The molecule has 0 aliphatic carbocycles. The van der Waals surface area contributed by atoms with Crippen molar-refractivity contribution in [3.63, 3.8) is 0 Å². The third-order valence-corrected chi connectivity index (χ3v) is 5.30. The molecular formula is C21H21ClFN3O. The van der Waals surface area contributed by atoms with Crippen LogP contribution in [0.2, 0.25) is 5.15 Å². The molecule has 0 radical (unpaired) electrons. The maximum Gasteiger partial charge on any atom is 0.139 e. The van der Waals surface area contributed by atoms with Crippen LogP contribution in [0.15, 0.2) is 48.5 Å². The standard InChI is InChI=1S/C21H21ClFN3O/c1-27-19-7-6-17(23)12-16(19)14-25-8-10-26(11-9-25)20-13-15-4-2-3-5-18(15)21(22)24-20/h2-7,12-13H,8-11,14H2,1H3. The second-order valence-electron chi connectivity index (χ2n) is 6.71. The SMILES string of the molecule is COc1ccc(F)cc1CN1CCN(c2cc3ccccc3c(Cl)n2)CC1. The van der Waals surface area contributed by atoms with Gasteiger partial charge in [0.1, 0.15) is 22.5 Å². The van der Waals surface area contributed by atoms with Crippen molar-refractivity contribution in [3.05, 3.63) is 65.1 Å². The second kappa shape index (κ2) is 7.71. The summed E-state index contributed by atoms with van der Waals surface area (Å²) in [6, 6.07) is 14.8. The van der Waals surface area contributed by atoms with Gasteiger partial charge < -0.3 is 9.64 Å². The summed E-state index contributed by atoms with van der Waals surface area (Å²) >= 11 is 6.37. The number of nitrogens with zero attached hydrogens (tertiary/aromatic N) is 3. The normalized spacial score (nSPS) is 15.3. The lowest BCUT2D eigenvalue weighted by Gasteiger charge is -2.35. The summed E-state index contributed by atoms with van der Waals surface area (Å²) in [5.41, 5.74) is 0.873. The Bertz CT molecular complexity index is 957. The summed E-state index contributed by atoms with van der Waals surface area (Å²) in [5.74, 6) is 1.39. The van der Waals surface area contributed by atoms with E-state index < -0.39 is 0 Å². The Hall–Kier alpha value is -2.37. The van der Waals surface area contributed by atoms with E-state index in [0.29, 0.717) is 11.7 Å². The van der Waals surface area contributed by atoms with E-state index in [9.17, 15) is 4.39 Å². The molecule has 0 amide bonds. The smallest absolute Gasteiger partial charge is 0.139 e. The van der Waals surface area contributed by atoms with E-state index in [1.165, 1.54) is 6.07 Å². The van der Waals surface area contributed by atoms with Gasteiger partial charge in [-0.15, -0.1) is 0 Å². The maximum atomic E-state index is 13.6. The fourth-order valence-corrected chi connectivity index (χ4v) is 3.81. The van der Waals surface area contributed by atoms with Gasteiger partial charge in [-0.05, 0) is 29.7 Å². The zero-order chi connectivity index (χ0) is 18.8. The minimum atomic E-state index is -0.237. The van der Waals surface area contributed by atoms with Crippen molar-refractivity contribution in [2.24, 2.45) is 0 Å². The number of benzene rings is 2. The molecule has 3 aromatic rings. The molecule has 0 saturated carbocycles.